The number of aromatic nitrogens is 2. The van der Waals surface area contributed by atoms with Crippen molar-refractivity contribution < 1.29 is 13.9 Å². The Kier molecular flexibility index (Phi) is 4.01. The number of rotatable bonds is 5. The van der Waals surface area contributed by atoms with E-state index in [2.05, 4.69) is 28.2 Å². The smallest absolute Gasteiger partial charge is 0.356 e. The van der Waals surface area contributed by atoms with Gasteiger partial charge in [-0.1, -0.05) is 18.2 Å². The van der Waals surface area contributed by atoms with E-state index in [0.717, 1.165) is 28.0 Å². The fourth-order valence-electron chi connectivity index (χ4n) is 3.76. The first-order chi connectivity index (χ1) is 13.7. The van der Waals surface area contributed by atoms with Gasteiger partial charge < -0.3 is 14.1 Å². The number of aromatic amines is 1. The zero-order chi connectivity index (χ0) is 19.1. The van der Waals surface area contributed by atoms with Crippen LogP contribution in [0.3, 0.4) is 0 Å². The van der Waals surface area contributed by atoms with Crippen LogP contribution in [0, 0.1) is 0 Å². The van der Waals surface area contributed by atoms with E-state index in [1.54, 1.807) is 18.6 Å². The Morgan fingerprint density at radius 1 is 1.25 bits per heavy atom. The van der Waals surface area contributed by atoms with Crippen LogP contribution in [-0.2, 0) is 11.2 Å². The number of H-pyrrole nitrogens is 1. The maximum atomic E-state index is 11.8. The van der Waals surface area contributed by atoms with Gasteiger partial charge in [0.2, 0.25) is 0 Å². The lowest BCUT2D eigenvalue weighted by Crippen LogP contribution is -2.06. The highest BCUT2D eigenvalue weighted by Crippen LogP contribution is 2.42. The van der Waals surface area contributed by atoms with Gasteiger partial charge in [0.1, 0.15) is 5.69 Å². The van der Waals surface area contributed by atoms with Gasteiger partial charge in [-0.25, -0.2) is 9.78 Å². The number of esters is 1. The van der Waals surface area contributed by atoms with Gasteiger partial charge in [-0.05, 0) is 54.2 Å². The average Bonchev–Trinajstić information content (AvgIpc) is 3.32. The molecule has 1 N–H and O–H groups in total. The number of hydrogen-bond donors (Lipinski definition) is 1. The first-order valence-electron chi connectivity index (χ1n) is 9.44. The second-order valence-corrected chi connectivity index (χ2v) is 7.25. The van der Waals surface area contributed by atoms with Gasteiger partial charge in [0.25, 0.3) is 0 Å². The lowest BCUT2D eigenvalue weighted by atomic mass is 10.0. The van der Waals surface area contributed by atoms with E-state index in [4.69, 9.17) is 9.15 Å². The monoisotopic (exact) mass is 372 g/mol. The van der Waals surface area contributed by atoms with Crippen molar-refractivity contribution in [3.8, 4) is 11.3 Å². The number of nitrogens with zero attached hydrogens (tertiary/aromatic N) is 1. The summed E-state index contributed by atoms with van der Waals surface area (Å²) in [4.78, 5) is 19.9. The van der Waals surface area contributed by atoms with Crippen molar-refractivity contribution >= 4 is 16.9 Å². The number of carbonyl (C=O) groups excluding carboxylic acids is 1. The summed E-state index contributed by atoms with van der Waals surface area (Å²) in [5.74, 6) is 0.275. The van der Waals surface area contributed by atoms with Crippen molar-refractivity contribution in [3.05, 3.63) is 77.5 Å². The SMILES string of the molecule is COC(=O)c1cccc(Cc2c(-c3ccoc3)[nH]c3cc(C4CC4)ccc23)n1. The number of benzene rings is 1. The van der Waals surface area contributed by atoms with Gasteiger partial charge in [-0.15, -0.1) is 0 Å². The second kappa shape index (κ2) is 6.68. The molecule has 0 amide bonds. The summed E-state index contributed by atoms with van der Waals surface area (Å²) in [6.45, 7) is 0. The van der Waals surface area contributed by atoms with Crippen LogP contribution in [0.15, 0.2) is 59.4 Å². The molecule has 28 heavy (non-hydrogen) atoms. The third kappa shape index (κ3) is 2.99. The summed E-state index contributed by atoms with van der Waals surface area (Å²) in [5.41, 5.74) is 6.84. The van der Waals surface area contributed by atoms with Crippen LogP contribution < -0.4 is 0 Å². The molecule has 140 valence electrons. The number of methoxy groups -OCH3 is 1. The molecule has 1 aliphatic rings. The Morgan fingerprint density at radius 3 is 2.89 bits per heavy atom. The molecule has 1 fully saturated rings. The Hall–Kier alpha value is -3.34. The van der Waals surface area contributed by atoms with E-state index in [-0.39, 0.29) is 0 Å². The van der Waals surface area contributed by atoms with E-state index in [9.17, 15) is 4.79 Å². The zero-order valence-electron chi connectivity index (χ0n) is 15.6. The quantitative estimate of drug-likeness (QED) is 0.496. The van der Waals surface area contributed by atoms with E-state index in [0.29, 0.717) is 18.0 Å². The lowest BCUT2D eigenvalue weighted by molar-refractivity contribution is 0.0593. The van der Waals surface area contributed by atoms with Crippen molar-refractivity contribution in [3.63, 3.8) is 0 Å². The molecular weight excluding hydrogens is 352 g/mol. The normalized spacial score (nSPS) is 13.8. The summed E-state index contributed by atoms with van der Waals surface area (Å²) < 4.78 is 10.1. The second-order valence-electron chi connectivity index (χ2n) is 7.25. The molecule has 5 nitrogen and oxygen atoms in total. The molecule has 3 heterocycles. The largest absolute Gasteiger partial charge is 0.472 e. The molecule has 4 aromatic rings. The molecule has 0 unspecified atom stereocenters. The third-order valence-electron chi connectivity index (χ3n) is 5.35. The molecule has 0 radical (unpaired) electrons. The predicted molar refractivity (Wildman–Crippen MR) is 106 cm³/mol. The number of ether oxygens (including phenoxy) is 1. The van der Waals surface area contributed by atoms with Crippen LogP contribution in [-0.4, -0.2) is 23.0 Å². The van der Waals surface area contributed by atoms with E-state index in [1.807, 2.05) is 18.2 Å². The first kappa shape index (κ1) is 16.8. The van der Waals surface area contributed by atoms with Crippen LogP contribution in [0.4, 0.5) is 0 Å². The number of nitrogens with one attached hydrogen (secondary N) is 1. The fraction of sp³-hybridized carbons (Fsp3) is 0.217. The summed E-state index contributed by atoms with van der Waals surface area (Å²) >= 11 is 0. The van der Waals surface area contributed by atoms with E-state index >= 15 is 0 Å². The summed E-state index contributed by atoms with van der Waals surface area (Å²) in [5, 5.41) is 1.17. The van der Waals surface area contributed by atoms with E-state index in [1.165, 1.54) is 30.9 Å². The lowest BCUT2D eigenvalue weighted by Gasteiger charge is -2.06. The van der Waals surface area contributed by atoms with Crippen LogP contribution >= 0.6 is 0 Å². The van der Waals surface area contributed by atoms with Crippen molar-refractivity contribution in [2.75, 3.05) is 7.11 Å². The highest BCUT2D eigenvalue weighted by atomic mass is 16.5. The number of furan rings is 1. The molecule has 5 heteroatoms. The minimum Gasteiger partial charge on any atom is -0.472 e. The Balaban J connectivity index is 1.61. The summed E-state index contributed by atoms with van der Waals surface area (Å²) in [6.07, 6.45) is 6.58. The van der Waals surface area contributed by atoms with Gasteiger partial charge in [0.15, 0.2) is 0 Å². The minimum absolute atomic E-state index is 0.320. The van der Waals surface area contributed by atoms with E-state index < -0.39 is 5.97 Å². The maximum Gasteiger partial charge on any atom is 0.356 e. The first-order valence-corrected chi connectivity index (χ1v) is 9.44. The molecular formula is C23H20N2O3. The minimum atomic E-state index is -0.426. The molecule has 1 saturated carbocycles. The fourth-order valence-corrected chi connectivity index (χ4v) is 3.76. The van der Waals surface area contributed by atoms with Gasteiger partial charge >= 0.3 is 5.97 Å². The highest BCUT2D eigenvalue weighted by molar-refractivity contribution is 5.91. The molecule has 0 atom stereocenters. The molecule has 1 aromatic carbocycles. The van der Waals surface area contributed by atoms with Crippen LogP contribution in [0.2, 0.25) is 0 Å². The van der Waals surface area contributed by atoms with Gasteiger partial charge in [-0.2, -0.15) is 0 Å². The highest BCUT2D eigenvalue weighted by Gasteiger charge is 2.24. The van der Waals surface area contributed by atoms with Gasteiger partial charge in [0, 0.05) is 28.6 Å². The zero-order valence-corrected chi connectivity index (χ0v) is 15.6. The number of fused-ring (bicyclic) bond motifs is 1. The number of hydrogen-bond acceptors (Lipinski definition) is 4. The number of pyridine rings is 1. The molecule has 0 aliphatic heterocycles. The molecule has 0 bridgehead atoms. The molecule has 0 spiro atoms. The van der Waals surface area contributed by atoms with Crippen molar-refractivity contribution in [1.82, 2.24) is 9.97 Å². The number of carbonyl (C=O) groups is 1. The average molecular weight is 372 g/mol. The summed E-state index contributed by atoms with van der Waals surface area (Å²) in [7, 11) is 1.37. The van der Waals surface area contributed by atoms with Crippen molar-refractivity contribution in [2.45, 2.75) is 25.2 Å². The Labute approximate surface area is 162 Å². The van der Waals surface area contributed by atoms with Crippen LogP contribution in [0.5, 0.6) is 0 Å². The molecule has 0 saturated heterocycles. The Morgan fingerprint density at radius 2 is 2.14 bits per heavy atom. The predicted octanol–water partition coefficient (Wildman–Crippen LogP) is 5.08. The third-order valence-corrected chi connectivity index (χ3v) is 5.35. The molecule has 1 aliphatic carbocycles. The molecule has 5 rings (SSSR count). The maximum absolute atomic E-state index is 11.8. The van der Waals surface area contributed by atoms with Crippen LogP contribution in [0.1, 0.15) is 46.1 Å². The topological polar surface area (TPSA) is 68.1 Å². The standard InChI is InChI=1S/C23H20N2O3/c1-27-23(26)20-4-2-3-17(24-20)12-19-18-8-7-15(14-5-6-14)11-21(18)25-22(19)16-9-10-28-13-16/h2-4,7-11,13-14,25H,5-6,12H2,1H3. The summed E-state index contributed by atoms with van der Waals surface area (Å²) in [6, 6.07) is 14.1. The van der Waals surface area contributed by atoms with Crippen LogP contribution in [0.25, 0.3) is 22.2 Å². The van der Waals surface area contributed by atoms with Gasteiger partial charge in [0.05, 0.1) is 25.3 Å². The van der Waals surface area contributed by atoms with Crippen molar-refractivity contribution in [2.24, 2.45) is 0 Å². The Bertz CT molecular complexity index is 1150. The van der Waals surface area contributed by atoms with Crippen molar-refractivity contribution in [1.29, 1.82) is 0 Å². The molecule has 3 aromatic heterocycles. The van der Waals surface area contributed by atoms with Gasteiger partial charge in [-0.3, -0.25) is 0 Å².